The van der Waals surface area contributed by atoms with Gasteiger partial charge in [0.15, 0.2) is 11.5 Å². The quantitative estimate of drug-likeness (QED) is 0.427. The van der Waals surface area contributed by atoms with E-state index in [0.29, 0.717) is 44.5 Å². The lowest BCUT2D eigenvalue weighted by Crippen LogP contribution is -2.21. The highest BCUT2D eigenvalue weighted by molar-refractivity contribution is 6.30. The van der Waals surface area contributed by atoms with E-state index in [1.807, 2.05) is 6.07 Å². The molecule has 33 heavy (non-hydrogen) atoms. The molecule has 4 aromatic rings. The lowest BCUT2D eigenvalue weighted by molar-refractivity contribution is 0.191. The average molecular weight is 467 g/mol. The first kappa shape index (κ1) is 22.6. The van der Waals surface area contributed by atoms with Gasteiger partial charge in [0.1, 0.15) is 11.2 Å². The van der Waals surface area contributed by atoms with Gasteiger partial charge in [-0.2, -0.15) is 0 Å². The third kappa shape index (κ3) is 4.62. The molecule has 1 atom stereocenters. The van der Waals surface area contributed by atoms with Crippen molar-refractivity contribution in [2.45, 2.75) is 6.10 Å². The van der Waals surface area contributed by atoms with Gasteiger partial charge in [-0.1, -0.05) is 23.7 Å². The molecule has 0 aliphatic heterocycles. The van der Waals surface area contributed by atoms with Gasteiger partial charge in [-0.15, -0.1) is 0 Å². The van der Waals surface area contributed by atoms with Crippen molar-refractivity contribution in [2.24, 2.45) is 7.05 Å². The summed E-state index contributed by atoms with van der Waals surface area (Å²) in [6.07, 6.45) is 0.610. The fourth-order valence-electron chi connectivity index (χ4n) is 3.52. The number of aliphatic hydroxyl groups is 1. The number of benzene rings is 2. The Morgan fingerprint density at radius 3 is 2.64 bits per heavy atom. The normalized spacial score (nSPS) is 11.9. The largest absolute Gasteiger partial charge is 0.493 e. The zero-order valence-electron chi connectivity index (χ0n) is 18.4. The molecule has 2 N–H and O–H groups in total. The number of rotatable bonds is 7. The van der Waals surface area contributed by atoms with Crippen LogP contribution in [-0.4, -0.2) is 40.4 Å². The number of hydrogen-bond acceptors (Lipinski definition) is 7. The van der Waals surface area contributed by atoms with Crippen molar-refractivity contribution in [2.75, 3.05) is 26.1 Å². The Morgan fingerprint density at radius 1 is 1.12 bits per heavy atom. The number of halogens is 1. The van der Waals surface area contributed by atoms with E-state index in [1.165, 1.54) is 10.9 Å². The molecule has 9 heteroatoms. The van der Waals surface area contributed by atoms with Crippen LogP contribution in [0.2, 0.25) is 5.02 Å². The summed E-state index contributed by atoms with van der Waals surface area (Å²) in [4.78, 5) is 22.0. The summed E-state index contributed by atoms with van der Waals surface area (Å²) in [7, 11) is 4.76. The summed E-state index contributed by atoms with van der Waals surface area (Å²) in [6, 6.07) is 14.2. The van der Waals surface area contributed by atoms with Gasteiger partial charge in [0, 0.05) is 24.2 Å². The maximum absolute atomic E-state index is 12.9. The molecule has 0 saturated heterocycles. The number of ether oxygens (including phenoxy) is 2. The van der Waals surface area contributed by atoms with E-state index in [0.717, 1.165) is 5.56 Å². The zero-order valence-corrected chi connectivity index (χ0v) is 19.1. The molecule has 8 nitrogen and oxygen atoms in total. The highest BCUT2D eigenvalue weighted by atomic mass is 35.5. The number of pyridine rings is 1. The molecule has 0 saturated carbocycles. The van der Waals surface area contributed by atoms with E-state index in [9.17, 15) is 9.90 Å². The van der Waals surface area contributed by atoms with Crippen LogP contribution in [0.5, 0.6) is 11.5 Å². The minimum Gasteiger partial charge on any atom is -0.493 e. The van der Waals surface area contributed by atoms with Crippen molar-refractivity contribution in [1.82, 2.24) is 14.5 Å². The predicted octanol–water partition coefficient (Wildman–Crippen LogP) is 3.81. The Labute approximate surface area is 195 Å². The number of nitrogens with zero attached hydrogens (tertiary/aromatic N) is 3. The smallest absolute Gasteiger partial charge is 0.264 e. The van der Waals surface area contributed by atoms with Crippen molar-refractivity contribution in [3.8, 4) is 22.8 Å². The van der Waals surface area contributed by atoms with Crippen molar-refractivity contribution >= 4 is 28.3 Å². The molecule has 2 aromatic carbocycles. The highest BCUT2D eigenvalue weighted by Crippen LogP contribution is 2.33. The standard InChI is InChI=1S/C24H23ClN4O4/c1-29-13-27-18-11-17(14-7-8-20(32-2)21(10-14)33-3)28-23(22(18)24(29)31)26-12-19(30)15-5-4-6-16(25)9-15/h4-11,13,19,30H,12H2,1-3H3,(H,26,28). The van der Waals surface area contributed by atoms with Crippen LogP contribution < -0.4 is 20.3 Å². The molecule has 0 amide bonds. The first-order valence-electron chi connectivity index (χ1n) is 10.2. The van der Waals surface area contributed by atoms with Gasteiger partial charge in [-0.25, -0.2) is 9.97 Å². The second-order valence-corrected chi connectivity index (χ2v) is 7.87. The fraction of sp³-hybridized carbons (Fsp3) is 0.208. The lowest BCUT2D eigenvalue weighted by Gasteiger charge is -2.16. The Balaban J connectivity index is 1.77. The molecule has 0 spiro atoms. The first-order valence-corrected chi connectivity index (χ1v) is 10.5. The van der Waals surface area contributed by atoms with Crippen LogP contribution in [-0.2, 0) is 7.05 Å². The van der Waals surface area contributed by atoms with E-state index < -0.39 is 6.10 Å². The number of fused-ring (bicyclic) bond motifs is 1. The van der Waals surface area contributed by atoms with Crippen LogP contribution in [0, 0.1) is 0 Å². The molecule has 4 rings (SSSR count). The number of anilines is 1. The molecular weight excluding hydrogens is 444 g/mol. The minimum absolute atomic E-state index is 0.121. The van der Waals surface area contributed by atoms with Crippen molar-refractivity contribution < 1.29 is 14.6 Å². The molecule has 0 aliphatic rings. The van der Waals surface area contributed by atoms with Crippen LogP contribution in [0.4, 0.5) is 5.82 Å². The topological polar surface area (TPSA) is 98.5 Å². The number of nitrogens with one attached hydrogen (secondary N) is 1. The maximum atomic E-state index is 12.9. The highest BCUT2D eigenvalue weighted by Gasteiger charge is 2.16. The van der Waals surface area contributed by atoms with Crippen LogP contribution >= 0.6 is 11.6 Å². The monoisotopic (exact) mass is 466 g/mol. The zero-order chi connectivity index (χ0) is 23.5. The Morgan fingerprint density at radius 2 is 1.91 bits per heavy atom. The van der Waals surface area contributed by atoms with Crippen LogP contribution in [0.3, 0.4) is 0 Å². The second-order valence-electron chi connectivity index (χ2n) is 7.43. The molecular formula is C24H23ClN4O4. The van der Waals surface area contributed by atoms with Crippen LogP contribution in [0.15, 0.2) is 59.7 Å². The van der Waals surface area contributed by atoms with Crippen molar-refractivity contribution in [1.29, 1.82) is 0 Å². The number of aliphatic hydroxyl groups excluding tert-OH is 1. The number of methoxy groups -OCH3 is 2. The summed E-state index contributed by atoms with van der Waals surface area (Å²) in [5.74, 6) is 1.48. The van der Waals surface area contributed by atoms with E-state index >= 15 is 0 Å². The predicted molar refractivity (Wildman–Crippen MR) is 128 cm³/mol. The van der Waals surface area contributed by atoms with Crippen molar-refractivity contribution in [3.63, 3.8) is 0 Å². The molecule has 0 aliphatic carbocycles. The fourth-order valence-corrected chi connectivity index (χ4v) is 3.72. The van der Waals surface area contributed by atoms with Gasteiger partial charge < -0.3 is 24.5 Å². The average Bonchev–Trinajstić information content (AvgIpc) is 2.83. The van der Waals surface area contributed by atoms with Crippen molar-refractivity contribution in [3.05, 3.63) is 75.8 Å². The number of aryl methyl sites for hydroxylation is 1. The van der Waals surface area contributed by atoms with E-state index in [1.54, 1.807) is 63.7 Å². The molecule has 1 unspecified atom stereocenters. The molecule has 170 valence electrons. The molecule has 0 bridgehead atoms. The van der Waals surface area contributed by atoms with E-state index in [2.05, 4.69) is 15.3 Å². The molecule has 0 radical (unpaired) electrons. The number of hydrogen-bond donors (Lipinski definition) is 2. The van der Waals surface area contributed by atoms with Crippen LogP contribution in [0.25, 0.3) is 22.2 Å². The third-order valence-electron chi connectivity index (χ3n) is 5.28. The first-order chi connectivity index (χ1) is 15.9. The Hall–Kier alpha value is -3.62. The molecule has 0 fully saturated rings. The Kier molecular flexibility index (Phi) is 6.48. The van der Waals surface area contributed by atoms with Gasteiger partial charge in [-0.3, -0.25) is 4.79 Å². The van der Waals surface area contributed by atoms with Gasteiger partial charge in [0.05, 0.1) is 37.9 Å². The second kappa shape index (κ2) is 9.48. The number of aromatic nitrogens is 3. The van der Waals surface area contributed by atoms with E-state index in [4.69, 9.17) is 21.1 Å². The van der Waals surface area contributed by atoms with Gasteiger partial charge in [0.2, 0.25) is 0 Å². The maximum Gasteiger partial charge on any atom is 0.264 e. The summed E-state index contributed by atoms with van der Waals surface area (Å²) in [5, 5.41) is 14.6. The summed E-state index contributed by atoms with van der Waals surface area (Å²) >= 11 is 6.04. The van der Waals surface area contributed by atoms with Crippen LogP contribution in [0.1, 0.15) is 11.7 Å². The SMILES string of the molecule is COc1ccc(-c2cc3ncn(C)c(=O)c3c(NCC(O)c3cccc(Cl)c3)n2)cc1OC. The Bertz CT molecular complexity index is 1370. The lowest BCUT2D eigenvalue weighted by atomic mass is 10.1. The van der Waals surface area contributed by atoms with Gasteiger partial charge in [0.25, 0.3) is 5.56 Å². The molecule has 2 heterocycles. The van der Waals surface area contributed by atoms with E-state index in [-0.39, 0.29) is 12.1 Å². The van der Waals surface area contributed by atoms with Gasteiger partial charge in [-0.05, 0) is 42.0 Å². The minimum atomic E-state index is -0.856. The summed E-state index contributed by atoms with van der Waals surface area (Å²) in [5.41, 5.74) is 2.24. The third-order valence-corrected chi connectivity index (χ3v) is 5.51. The van der Waals surface area contributed by atoms with Gasteiger partial charge >= 0.3 is 0 Å². The molecule has 2 aromatic heterocycles. The summed E-state index contributed by atoms with van der Waals surface area (Å²) in [6.45, 7) is 0.121. The summed E-state index contributed by atoms with van der Waals surface area (Å²) < 4.78 is 12.1.